The highest BCUT2D eigenvalue weighted by atomic mass is 32.2. The van der Waals surface area contributed by atoms with E-state index in [4.69, 9.17) is 4.74 Å². The van der Waals surface area contributed by atoms with Crippen molar-refractivity contribution in [2.75, 3.05) is 13.2 Å². The van der Waals surface area contributed by atoms with E-state index in [-0.39, 0.29) is 17.2 Å². The van der Waals surface area contributed by atoms with E-state index in [1.807, 2.05) is 25.1 Å². The van der Waals surface area contributed by atoms with Gasteiger partial charge >= 0.3 is 0 Å². The van der Waals surface area contributed by atoms with Gasteiger partial charge in [-0.1, -0.05) is 48.0 Å². The standard InChI is InChI=1S/C25H27N3O5S/c1-3-33-24-15-21(11-14-23(24)29)16-26-27-25(30)18-28(17-20-7-5-4-6-8-20)34(31,32)22-12-9-19(2)10-13-22/h4-16,29H,3,17-18H2,1-2H3,(H,27,30)/b26-16-. The molecule has 3 aromatic rings. The molecule has 8 nitrogen and oxygen atoms in total. The van der Waals surface area contributed by atoms with Crippen LogP contribution in [0.1, 0.15) is 23.6 Å². The number of sulfonamides is 1. The van der Waals surface area contributed by atoms with Gasteiger partial charge in [0.2, 0.25) is 10.0 Å². The maximum Gasteiger partial charge on any atom is 0.255 e. The predicted molar refractivity (Wildman–Crippen MR) is 130 cm³/mol. The molecule has 178 valence electrons. The molecule has 3 aromatic carbocycles. The molecule has 0 aromatic heterocycles. The molecule has 0 aliphatic heterocycles. The van der Waals surface area contributed by atoms with E-state index < -0.39 is 22.5 Å². The Hall–Kier alpha value is -3.69. The van der Waals surface area contributed by atoms with Crippen molar-refractivity contribution in [1.82, 2.24) is 9.73 Å². The van der Waals surface area contributed by atoms with E-state index >= 15 is 0 Å². The number of nitrogens with one attached hydrogen (secondary N) is 1. The number of carbonyl (C=O) groups is 1. The maximum atomic E-state index is 13.3. The second-order valence-electron chi connectivity index (χ2n) is 7.53. The molecule has 2 N–H and O–H groups in total. The van der Waals surface area contributed by atoms with Crippen LogP contribution in [0.15, 0.2) is 82.8 Å². The third-order valence-electron chi connectivity index (χ3n) is 4.87. The first-order valence-corrected chi connectivity index (χ1v) is 12.1. The zero-order valence-corrected chi connectivity index (χ0v) is 19.8. The summed E-state index contributed by atoms with van der Waals surface area (Å²) in [4.78, 5) is 12.7. The molecule has 0 aliphatic rings. The number of amides is 1. The van der Waals surface area contributed by atoms with Crippen LogP contribution in [-0.2, 0) is 21.4 Å². The Bertz CT molecular complexity index is 1240. The fraction of sp³-hybridized carbons (Fsp3) is 0.200. The van der Waals surface area contributed by atoms with Gasteiger partial charge in [-0.3, -0.25) is 4.79 Å². The number of benzene rings is 3. The summed E-state index contributed by atoms with van der Waals surface area (Å²) in [5.41, 5.74) is 4.64. The number of hydrogen-bond donors (Lipinski definition) is 2. The summed E-state index contributed by atoms with van der Waals surface area (Å²) < 4.78 is 33.0. The van der Waals surface area contributed by atoms with Crippen molar-refractivity contribution < 1.29 is 23.1 Å². The minimum Gasteiger partial charge on any atom is -0.504 e. The molecule has 0 radical (unpaired) electrons. The van der Waals surface area contributed by atoms with Crippen LogP contribution in [0.3, 0.4) is 0 Å². The molecular formula is C25H27N3O5S. The number of aromatic hydroxyl groups is 1. The van der Waals surface area contributed by atoms with Crippen molar-refractivity contribution in [3.63, 3.8) is 0 Å². The van der Waals surface area contributed by atoms with E-state index in [1.165, 1.54) is 24.4 Å². The fourth-order valence-electron chi connectivity index (χ4n) is 3.13. The minimum atomic E-state index is -3.93. The zero-order valence-electron chi connectivity index (χ0n) is 19.0. The van der Waals surface area contributed by atoms with Crippen LogP contribution in [-0.4, -0.2) is 43.1 Å². The molecule has 1 amide bonds. The number of ether oxygens (including phenoxy) is 1. The molecule has 0 fully saturated rings. The smallest absolute Gasteiger partial charge is 0.255 e. The summed E-state index contributed by atoms with van der Waals surface area (Å²) in [5, 5.41) is 13.7. The number of phenols is 1. The van der Waals surface area contributed by atoms with E-state index in [9.17, 15) is 18.3 Å². The van der Waals surface area contributed by atoms with Gasteiger partial charge in [0.15, 0.2) is 11.5 Å². The molecule has 0 saturated heterocycles. The molecule has 0 spiro atoms. The van der Waals surface area contributed by atoms with Crippen molar-refractivity contribution in [3.8, 4) is 11.5 Å². The molecule has 0 bridgehead atoms. The van der Waals surface area contributed by atoms with E-state index in [0.717, 1.165) is 15.4 Å². The van der Waals surface area contributed by atoms with Crippen LogP contribution in [0.2, 0.25) is 0 Å². The summed E-state index contributed by atoms with van der Waals surface area (Å²) in [6.45, 7) is 3.67. The number of hydrazone groups is 1. The van der Waals surface area contributed by atoms with Crippen molar-refractivity contribution in [2.45, 2.75) is 25.3 Å². The van der Waals surface area contributed by atoms with Crippen LogP contribution < -0.4 is 10.2 Å². The van der Waals surface area contributed by atoms with Gasteiger partial charge in [-0.15, -0.1) is 0 Å². The maximum absolute atomic E-state index is 13.3. The van der Waals surface area contributed by atoms with E-state index in [1.54, 1.807) is 43.3 Å². The van der Waals surface area contributed by atoms with Crippen LogP contribution >= 0.6 is 0 Å². The molecule has 0 unspecified atom stereocenters. The molecule has 3 rings (SSSR count). The Morgan fingerprint density at radius 1 is 1.09 bits per heavy atom. The molecule has 0 aliphatic carbocycles. The minimum absolute atomic E-state index is 0.000835. The number of carbonyl (C=O) groups excluding carboxylic acids is 1. The quantitative estimate of drug-likeness (QED) is 0.341. The van der Waals surface area contributed by atoms with Crippen LogP contribution in [0, 0.1) is 6.92 Å². The molecule has 34 heavy (non-hydrogen) atoms. The first kappa shape index (κ1) is 24.9. The van der Waals surface area contributed by atoms with Gasteiger partial charge in [0.05, 0.1) is 24.3 Å². The summed E-state index contributed by atoms with van der Waals surface area (Å²) in [5.74, 6) is -0.288. The lowest BCUT2D eigenvalue weighted by Crippen LogP contribution is -2.39. The van der Waals surface area contributed by atoms with E-state index in [0.29, 0.717) is 17.9 Å². The largest absolute Gasteiger partial charge is 0.504 e. The van der Waals surface area contributed by atoms with Crippen molar-refractivity contribution in [1.29, 1.82) is 0 Å². The SMILES string of the molecule is CCOc1cc(/C=N\NC(=O)CN(Cc2ccccc2)S(=O)(=O)c2ccc(C)cc2)ccc1O. The van der Waals surface area contributed by atoms with Gasteiger partial charge in [0.25, 0.3) is 5.91 Å². The number of rotatable bonds is 10. The van der Waals surface area contributed by atoms with E-state index in [2.05, 4.69) is 10.5 Å². The highest BCUT2D eigenvalue weighted by Crippen LogP contribution is 2.26. The lowest BCUT2D eigenvalue weighted by Gasteiger charge is -2.21. The first-order chi connectivity index (χ1) is 16.3. The molecule has 0 saturated carbocycles. The highest BCUT2D eigenvalue weighted by molar-refractivity contribution is 7.89. The molecule has 9 heteroatoms. The Kier molecular flexibility index (Phi) is 8.39. The van der Waals surface area contributed by atoms with Crippen molar-refractivity contribution in [3.05, 3.63) is 89.5 Å². The zero-order chi connectivity index (χ0) is 24.6. The summed E-state index contributed by atoms with van der Waals surface area (Å²) in [7, 11) is -3.93. The Morgan fingerprint density at radius 3 is 2.47 bits per heavy atom. The molecule has 0 atom stereocenters. The number of nitrogens with zero attached hydrogens (tertiary/aromatic N) is 2. The highest BCUT2D eigenvalue weighted by Gasteiger charge is 2.26. The third kappa shape index (κ3) is 6.66. The Labute approximate surface area is 199 Å². The van der Waals surface area contributed by atoms with Crippen molar-refractivity contribution >= 4 is 22.1 Å². The molecule has 0 heterocycles. The van der Waals surface area contributed by atoms with Gasteiger partial charge in [-0.2, -0.15) is 9.41 Å². The van der Waals surface area contributed by atoms with Crippen LogP contribution in [0.4, 0.5) is 0 Å². The fourth-order valence-corrected chi connectivity index (χ4v) is 4.51. The Morgan fingerprint density at radius 2 is 1.79 bits per heavy atom. The monoisotopic (exact) mass is 481 g/mol. The predicted octanol–water partition coefficient (Wildman–Crippen LogP) is 3.44. The van der Waals surface area contributed by atoms with Crippen LogP contribution in [0.5, 0.6) is 11.5 Å². The van der Waals surface area contributed by atoms with Crippen LogP contribution in [0.25, 0.3) is 0 Å². The lowest BCUT2D eigenvalue weighted by molar-refractivity contribution is -0.121. The number of aryl methyl sites for hydroxylation is 1. The summed E-state index contributed by atoms with van der Waals surface area (Å²) >= 11 is 0. The number of phenolic OH excluding ortho intramolecular Hbond substituents is 1. The Balaban J connectivity index is 1.75. The second kappa shape index (κ2) is 11.4. The second-order valence-corrected chi connectivity index (χ2v) is 9.46. The summed E-state index contributed by atoms with van der Waals surface area (Å²) in [6.07, 6.45) is 1.38. The lowest BCUT2D eigenvalue weighted by atomic mass is 10.2. The van der Waals surface area contributed by atoms with Gasteiger partial charge in [0.1, 0.15) is 0 Å². The van der Waals surface area contributed by atoms with Gasteiger partial charge < -0.3 is 9.84 Å². The summed E-state index contributed by atoms with van der Waals surface area (Å²) in [6, 6.07) is 20.2. The van der Waals surface area contributed by atoms with Gasteiger partial charge in [0, 0.05) is 6.54 Å². The van der Waals surface area contributed by atoms with Gasteiger partial charge in [-0.05, 0) is 55.3 Å². The normalized spacial score (nSPS) is 11.6. The first-order valence-electron chi connectivity index (χ1n) is 10.7. The van der Waals surface area contributed by atoms with Crippen molar-refractivity contribution in [2.24, 2.45) is 5.10 Å². The topological polar surface area (TPSA) is 108 Å². The average molecular weight is 482 g/mol. The van der Waals surface area contributed by atoms with Gasteiger partial charge in [-0.25, -0.2) is 13.8 Å². The average Bonchev–Trinajstić information content (AvgIpc) is 2.82. The third-order valence-corrected chi connectivity index (χ3v) is 6.67. The number of hydrogen-bond acceptors (Lipinski definition) is 6. The molecular weight excluding hydrogens is 454 g/mol.